The lowest BCUT2D eigenvalue weighted by Gasteiger charge is -2.30. The van der Waals surface area contributed by atoms with Gasteiger partial charge >= 0.3 is 0 Å². The van der Waals surface area contributed by atoms with Crippen LogP contribution in [0.25, 0.3) is 0 Å². The van der Waals surface area contributed by atoms with Crippen LogP contribution in [0.3, 0.4) is 0 Å². The Morgan fingerprint density at radius 2 is 2.12 bits per heavy atom. The average Bonchev–Trinajstić information content (AvgIpc) is 2.15. The number of nitrogens with two attached hydrogens (primary N) is 2. The summed E-state index contributed by atoms with van der Waals surface area (Å²) in [5, 5.41) is 0. The van der Waals surface area contributed by atoms with Crippen molar-refractivity contribution in [3.8, 4) is 0 Å². The SMILES string of the molecule is C[C@@]1(c2cc(N)cc(Br)c2)COCC(N)=N1. The molecule has 0 bridgehead atoms. The van der Waals surface area contributed by atoms with Crippen LogP contribution < -0.4 is 11.5 Å². The van der Waals surface area contributed by atoms with Crippen LogP contribution in [0.1, 0.15) is 12.5 Å². The standard InChI is InChI=1S/C11H14BrN3O/c1-11(6-16-5-10(14)15-11)7-2-8(12)4-9(13)3-7/h2-4H,5-6,13H2,1H3,(H2,14,15)/t11-/m0/s1. The molecule has 1 atom stereocenters. The van der Waals surface area contributed by atoms with E-state index in [1.165, 1.54) is 0 Å². The molecular formula is C11H14BrN3O. The number of ether oxygens (including phenoxy) is 1. The molecule has 1 aliphatic rings. The number of amidine groups is 1. The molecule has 0 saturated carbocycles. The van der Waals surface area contributed by atoms with Gasteiger partial charge in [-0.05, 0) is 30.7 Å². The summed E-state index contributed by atoms with van der Waals surface area (Å²) in [7, 11) is 0. The molecule has 0 unspecified atom stereocenters. The summed E-state index contributed by atoms with van der Waals surface area (Å²) in [5.41, 5.74) is 12.8. The van der Waals surface area contributed by atoms with Crippen LogP contribution >= 0.6 is 15.9 Å². The lowest BCUT2D eigenvalue weighted by Crippen LogP contribution is -2.37. The fourth-order valence-electron chi connectivity index (χ4n) is 1.81. The second-order valence-corrected chi connectivity index (χ2v) is 5.06. The minimum atomic E-state index is -0.444. The van der Waals surface area contributed by atoms with E-state index < -0.39 is 5.54 Å². The minimum absolute atomic E-state index is 0.402. The summed E-state index contributed by atoms with van der Waals surface area (Å²) >= 11 is 3.42. The lowest BCUT2D eigenvalue weighted by atomic mass is 9.92. The Kier molecular flexibility index (Phi) is 2.90. The molecule has 0 radical (unpaired) electrons. The van der Waals surface area contributed by atoms with Gasteiger partial charge in [0.15, 0.2) is 0 Å². The van der Waals surface area contributed by atoms with Crippen LogP contribution in [0.4, 0.5) is 5.69 Å². The van der Waals surface area contributed by atoms with Gasteiger partial charge < -0.3 is 16.2 Å². The van der Waals surface area contributed by atoms with Crippen molar-refractivity contribution >= 4 is 27.5 Å². The minimum Gasteiger partial charge on any atom is -0.399 e. The van der Waals surface area contributed by atoms with Gasteiger partial charge in [0.05, 0.1) is 6.61 Å². The number of nitrogens with zero attached hydrogens (tertiary/aromatic N) is 1. The van der Waals surface area contributed by atoms with E-state index in [2.05, 4.69) is 20.9 Å². The molecule has 0 fully saturated rings. The Morgan fingerprint density at radius 3 is 2.75 bits per heavy atom. The van der Waals surface area contributed by atoms with Gasteiger partial charge in [0.1, 0.15) is 18.0 Å². The smallest absolute Gasteiger partial charge is 0.121 e. The highest BCUT2D eigenvalue weighted by molar-refractivity contribution is 9.10. The van der Waals surface area contributed by atoms with Crippen LogP contribution in [0, 0.1) is 0 Å². The van der Waals surface area contributed by atoms with Gasteiger partial charge in [-0.15, -0.1) is 0 Å². The third-order valence-corrected chi connectivity index (χ3v) is 3.02. The van der Waals surface area contributed by atoms with E-state index in [1.807, 2.05) is 25.1 Å². The summed E-state index contributed by atoms with van der Waals surface area (Å²) in [6, 6.07) is 5.74. The molecular weight excluding hydrogens is 270 g/mol. The zero-order valence-corrected chi connectivity index (χ0v) is 10.6. The van der Waals surface area contributed by atoms with E-state index >= 15 is 0 Å². The van der Waals surface area contributed by atoms with Crippen molar-refractivity contribution in [2.75, 3.05) is 18.9 Å². The van der Waals surface area contributed by atoms with Crippen molar-refractivity contribution < 1.29 is 4.74 Å². The molecule has 1 heterocycles. The highest BCUT2D eigenvalue weighted by Gasteiger charge is 2.30. The first kappa shape index (κ1) is 11.4. The summed E-state index contributed by atoms with van der Waals surface area (Å²) in [6.45, 7) is 2.91. The summed E-state index contributed by atoms with van der Waals surface area (Å²) in [4.78, 5) is 4.46. The highest BCUT2D eigenvalue weighted by atomic mass is 79.9. The molecule has 4 nitrogen and oxygen atoms in total. The van der Waals surface area contributed by atoms with Gasteiger partial charge in [-0.3, -0.25) is 4.99 Å². The van der Waals surface area contributed by atoms with Crippen molar-refractivity contribution in [3.63, 3.8) is 0 Å². The third-order valence-electron chi connectivity index (χ3n) is 2.57. The fourth-order valence-corrected chi connectivity index (χ4v) is 2.32. The molecule has 2 rings (SSSR count). The Balaban J connectivity index is 2.46. The van der Waals surface area contributed by atoms with Crippen molar-refractivity contribution in [1.29, 1.82) is 0 Å². The van der Waals surface area contributed by atoms with Crippen molar-refractivity contribution in [3.05, 3.63) is 28.2 Å². The van der Waals surface area contributed by atoms with Gasteiger partial charge in [0, 0.05) is 10.2 Å². The first-order valence-corrected chi connectivity index (χ1v) is 5.77. The van der Waals surface area contributed by atoms with E-state index in [0.29, 0.717) is 24.7 Å². The predicted octanol–water partition coefficient (Wildman–Crippen LogP) is 1.63. The highest BCUT2D eigenvalue weighted by Crippen LogP contribution is 2.31. The lowest BCUT2D eigenvalue weighted by molar-refractivity contribution is 0.106. The fraction of sp³-hybridized carbons (Fsp3) is 0.364. The van der Waals surface area contributed by atoms with Gasteiger partial charge in [0.25, 0.3) is 0 Å². The van der Waals surface area contributed by atoms with Gasteiger partial charge in [-0.2, -0.15) is 0 Å². The maximum absolute atomic E-state index is 5.81. The number of hydrogen-bond acceptors (Lipinski definition) is 4. The Hall–Kier alpha value is -1.07. The maximum atomic E-state index is 5.81. The first-order chi connectivity index (χ1) is 7.49. The van der Waals surface area contributed by atoms with Gasteiger partial charge in [0.2, 0.25) is 0 Å². The first-order valence-electron chi connectivity index (χ1n) is 4.98. The largest absolute Gasteiger partial charge is 0.399 e. The van der Waals surface area contributed by atoms with Crippen LogP contribution in [-0.4, -0.2) is 19.0 Å². The maximum Gasteiger partial charge on any atom is 0.121 e. The number of benzene rings is 1. The summed E-state index contributed by atoms with van der Waals surface area (Å²) in [6.07, 6.45) is 0. The number of hydrogen-bond donors (Lipinski definition) is 2. The van der Waals surface area contributed by atoms with Crippen LogP contribution in [0.2, 0.25) is 0 Å². The monoisotopic (exact) mass is 283 g/mol. The molecule has 5 heteroatoms. The summed E-state index contributed by atoms with van der Waals surface area (Å²) < 4.78 is 6.35. The van der Waals surface area contributed by atoms with E-state index in [-0.39, 0.29) is 0 Å². The van der Waals surface area contributed by atoms with Crippen LogP contribution in [0.5, 0.6) is 0 Å². The second kappa shape index (κ2) is 4.07. The van der Waals surface area contributed by atoms with E-state index in [4.69, 9.17) is 16.2 Å². The van der Waals surface area contributed by atoms with Crippen molar-refractivity contribution in [2.24, 2.45) is 10.7 Å². The van der Waals surface area contributed by atoms with Crippen LogP contribution in [0.15, 0.2) is 27.7 Å². The number of aliphatic imine (C=N–C) groups is 1. The topological polar surface area (TPSA) is 73.6 Å². The number of anilines is 1. The molecule has 0 spiro atoms. The number of rotatable bonds is 1. The van der Waals surface area contributed by atoms with E-state index in [0.717, 1.165) is 10.0 Å². The average molecular weight is 284 g/mol. The Morgan fingerprint density at radius 1 is 1.38 bits per heavy atom. The molecule has 0 aromatic heterocycles. The molecule has 4 N–H and O–H groups in total. The van der Waals surface area contributed by atoms with E-state index in [1.54, 1.807) is 0 Å². The summed E-state index contributed by atoms with van der Waals surface area (Å²) in [5.74, 6) is 0.521. The number of halogens is 1. The zero-order chi connectivity index (χ0) is 11.8. The molecule has 1 aromatic rings. The zero-order valence-electron chi connectivity index (χ0n) is 9.03. The van der Waals surface area contributed by atoms with Crippen LogP contribution in [-0.2, 0) is 10.3 Å². The normalized spacial score (nSPS) is 25.2. The van der Waals surface area contributed by atoms with Gasteiger partial charge in [-0.25, -0.2) is 0 Å². The predicted molar refractivity (Wildman–Crippen MR) is 68.3 cm³/mol. The quantitative estimate of drug-likeness (QED) is 0.770. The Labute approximate surface area is 103 Å². The third kappa shape index (κ3) is 2.20. The molecule has 0 saturated heterocycles. The molecule has 1 aliphatic heterocycles. The van der Waals surface area contributed by atoms with Crippen molar-refractivity contribution in [2.45, 2.75) is 12.5 Å². The Bertz CT molecular complexity index is 427. The molecule has 1 aromatic carbocycles. The number of nitrogen functional groups attached to an aromatic ring is 1. The van der Waals surface area contributed by atoms with E-state index in [9.17, 15) is 0 Å². The van der Waals surface area contributed by atoms with Gasteiger partial charge in [-0.1, -0.05) is 15.9 Å². The molecule has 16 heavy (non-hydrogen) atoms. The molecule has 86 valence electrons. The van der Waals surface area contributed by atoms with Crippen molar-refractivity contribution in [1.82, 2.24) is 0 Å². The molecule has 0 aliphatic carbocycles. The molecule has 0 amide bonds. The second-order valence-electron chi connectivity index (χ2n) is 4.14.